The first kappa shape index (κ1) is 4.13. The van der Waals surface area contributed by atoms with Crippen molar-refractivity contribution >= 4 is 14.5 Å². The van der Waals surface area contributed by atoms with Gasteiger partial charge in [0.25, 0.3) is 0 Å². The topological polar surface area (TPSA) is 26.0 Å². The molecule has 0 radical (unpaired) electrons. The molecule has 0 aromatic carbocycles. The molecule has 2 heteroatoms. The molecule has 0 aromatic rings. The van der Waals surface area contributed by atoms with Crippen LogP contribution in [0.4, 0.5) is 0 Å². The van der Waals surface area contributed by atoms with E-state index in [4.69, 9.17) is 5.73 Å². The van der Waals surface area contributed by atoms with Crippen molar-refractivity contribution < 1.29 is 0 Å². The third-order valence-corrected chi connectivity index (χ3v) is 0.387. The van der Waals surface area contributed by atoms with Crippen molar-refractivity contribution in [1.29, 1.82) is 0 Å². The molecule has 0 aromatic heterocycles. The van der Waals surface area contributed by atoms with Crippen LogP contribution in [0.1, 0.15) is 0 Å². The van der Waals surface area contributed by atoms with E-state index in [9.17, 15) is 0 Å². The quantitative estimate of drug-likeness (QED) is 0.445. The maximum absolute atomic E-state index is 4.95. The van der Waals surface area contributed by atoms with Crippen molar-refractivity contribution in [2.45, 2.75) is 0 Å². The van der Waals surface area contributed by atoms with Gasteiger partial charge in [-0.25, -0.2) is 0 Å². The molecular formula is C2H6NP. The molecule has 0 bridgehead atoms. The smallest absolute Gasteiger partial charge is 0.0346 e. The second-order valence-electron chi connectivity index (χ2n) is 0.406. The van der Waals surface area contributed by atoms with E-state index < -0.39 is 0 Å². The van der Waals surface area contributed by atoms with Crippen molar-refractivity contribution in [1.82, 2.24) is 0 Å². The molecule has 0 spiro atoms. The Hall–Kier alpha value is 0.130. The first-order chi connectivity index (χ1) is 1.91. The standard InChI is InChI=1S/C2H6NP/c1-4-2-3/h1-3H2. The van der Waals surface area contributed by atoms with Gasteiger partial charge in [0.05, 0.1) is 0 Å². The highest BCUT2D eigenvalue weighted by Crippen LogP contribution is 1.74. The monoisotopic (exact) mass is 75.0 g/mol. The van der Waals surface area contributed by atoms with E-state index in [0.29, 0.717) is 6.29 Å². The highest BCUT2D eigenvalue weighted by molar-refractivity contribution is 7.36. The molecule has 0 aliphatic rings. The van der Waals surface area contributed by atoms with E-state index >= 15 is 0 Å². The highest BCUT2D eigenvalue weighted by Gasteiger charge is 1.44. The largest absolute Gasteiger partial charge is 0.323 e. The van der Waals surface area contributed by atoms with Crippen LogP contribution in [-0.2, 0) is 0 Å². The van der Waals surface area contributed by atoms with Crippen LogP contribution < -0.4 is 5.73 Å². The molecule has 24 valence electrons. The van der Waals surface area contributed by atoms with E-state index in [2.05, 4.69) is 6.30 Å². The summed E-state index contributed by atoms with van der Waals surface area (Å²) in [6.45, 7) is 0. The van der Waals surface area contributed by atoms with Gasteiger partial charge in [-0.2, -0.15) is 0 Å². The molecule has 0 amide bonds. The summed E-state index contributed by atoms with van der Waals surface area (Å²) in [5, 5.41) is 0. The van der Waals surface area contributed by atoms with Crippen LogP contribution >= 0.6 is 8.20 Å². The highest BCUT2D eigenvalue weighted by atomic mass is 31.1. The minimum atomic E-state index is 0.681. The van der Waals surface area contributed by atoms with Crippen molar-refractivity contribution in [3.05, 3.63) is 0 Å². The summed E-state index contributed by atoms with van der Waals surface area (Å²) in [7, 11) is 1.03. The Morgan fingerprint density at radius 3 is 2.25 bits per heavy atom. The lowest BCUT2D eigenvalue weighted by molar-refractivity contribution is 1.40. The first-order valence-corrected chi connectivity index (χ1v) is 2.31. The van der Waals surface area contributed by atoms with Crippen LogP contribution in [0.15, 0.2) is 0 Å². The van der Waals surface area contributed by atoms with Crippen molar-refractivity contribution in [3.63, 3.8) is 0 Å². The van der Waals surface area contributed by atoms with E-state index in [0.717, 1.165) is 8.20 Å². The maximum atomic E-state index is 4.95. The van der Waals surface area contributed by atoms with E-state index in [1.807, 2.05) is 0 Å². The van der Waals surface area contributed by atoms with Gasteiger partial charge in [-0.3, -0.25) is 0 Å². The zero-order valence-electron chi connectivity index (χ0n) is 2.44. The average Bonchev–Trinajstić information content (AvgIpc) is 1.37. The van der Waals surface area contributed by atoms with Gasteiger partial charge in [-0.1, -0.05) is 14.5 Å². The molecule has 1 nitrogen and oxygen atoms in total. The fourth-order valence-electron chi connectivity index (χ4n) is 0. The number of rotatable bonds is 1. The third-order valence-electron chi connectivity index (χ3n) is 0.129. The number of nitrogens with two attached hydrogens (primary N) is 1. The van der Waals surface area contributed by atoms with E-state index in [-0.39, 0.29) is 0 Å². The normalized spacial score (nSPS) is 8.25. The zero-order valence-corrected chi connectivity index (χ0v) is 3.33. The zero-order chi connectivity index (χ0) is 3.41. The van der Waals surface area contributed by atoms with Crippen molar-refractivity contribution in [3.8, 4) is 0 Å². The van der Waals surface area contributed by atoms with Crippen LogP contribution in [0.25, 0.3) is 0 Å². The van der Waals surface area contributed by atoms with Gasteiger partial charge in [0.1, 0.15) is 0 Å². The molecule has 0 atom stereocenters. The Morgan fingerprint density at radius 1 is 2.00 bits per heavy atom. The predicted octanol–water partition coefficient (Wildman–Crippen LogP) is 0.281. The van der Waals surface area contributed by atoms with Gasteiger partial charge in [-0.15, -0.1) is 0 Å². The SMILES string of the molecule is C=PCN. The maximum Gasteiger partial charge on any atom is 0.0346 e. The number of hydrogen-bond acceptors (Lipinski definition) is 1. The summed E-state index contributed by atoms with van der Waals surface area (Å²) in [4.78, 5) is 0. The molecule has 0 aliphatic heterocycles. The lowest BCUT2D eigenvalue weighted by Crippen LogP contribution is -1.84. The molecule has 0 fully saturated rings. The van der Waals surface area contributed by atoms with Gasteiger partial charge < -0.3 is 5.73 Å². The lowest BCUT2D eigenvalue weighted by atomic mass is 11.5. The van der Waals surface area contributed by atoms with Crippen molar-refractivity contribution in [2.24, 2.45) is 5.73 Å². The summed E-state index contributed by atoms with van der Waals surface area (Å²) in [6.07, 6.45) is 4.13. The molecule has 0 saturated heterocycles. The minimum Gasteiger partial charge on any atom is -0.323 e. The fraction of sp³-hybridized carbons (Fsp3) is 0.500. The lowest BCUT2D eigenvalue weighted by Gasteiger charge is -1.60. The Kier molecular flexibility index (Phi) is 3.23. The van der Waals surface area contributed by atoms with Crippen LogP contribution in [0, 0.1) is 0 Å². The summed E-state index contributed by atoms with van der Waals surface area (Å²) < 4.78 is 0. The molecule has 4 heavy (non-hydrogen) atoms. The molecule has 0 saturated carbocycles. The average molecular weight is 75.1 g/mol. The Bertz CT molecular complexity index is 20.0. The summed E-state index contributed by atoms with van der Waals surface area (Å²) in [5.41, 5.74) is 4.95. The molecule has 0 aliphatic carbocycles. The minimum absolute atomic E-state index is 0.681. The Balaban J connectivity index is 2.30. The number of hydrogen-bond donors (Lipinski definition) is 1. The molecule has 2 N–H and O–H groups in total. The Labute approximate surface area is 27.6 Å². The second-order valence-corrected chi connectivity index (χ2v) is 1.22. The van der Waals surface area contributed by atoms with Crippen LogP contribution in [-0.4, -0.2) is 12.6 Å². The molecular weight excluding hydrogens is 69.0 g/mol. The molecule has 0 heterocycles. The molecule has 0 unspecified atom stereocenters. The van der Waals surface area contributed by atoms with Crippen LogP contribution in [0.5, 0.6) is 0 Å². The van der Waals surface area contributed by atoms with Crippen LogP contribution in [0.2, 0.25) is 0 Å². The van der Waals surface area contributed by atoms with Crippen molar-refractivity contribution in [2.75, 3.05) is 6.29 Å². The van der Waals surface area contributed by atoms with Gasteiger partial charge >= 0.3 is 0 Å². The summed E-state index contributed by atoms with van der Waals surface area (Å²) in [5.74, 6) is 0. The first-order valence-electron chi connectivity index (χ1n) is 1.04. The fourth-order valence-corrected chi connectivity index (χ4v) is 0. The van der Waals surface area contributed by atoms with E-state index in [1.54, 1.807) is 0 Å². The van der Waals surface area contributed by atoms with Gasteiger partial charge in [0.15, 0.2) is 0 Å². The van der Waals surface area contributed by atoms with Gasteiger partial charge in [-0.05, 0) is 0 Å². The van der Waals surface area contributed by atoms with Gasteiger partial charge in [0.2, 0.25) is 0 Å². The van der Waals surface area contributed by atoms with Crippen LogP contribution in [0.3, 0.4) is 0 Å². The second kappa shape index (κ2) is 3.13. The van der Waals surface area contributed by atoms with E-state index in [1.165, 1.54) is 0 Å². The molecule has 0 rings (SSSR count). The third kappa shape index (κ3) is 2.13. The van der Waals surface area contributed by atoms with Gasteiger partial charge in [0, 0.05) is 6.29 Å². The predicted molar refractivity (Wildman–Crippen MR) is 23.1 cm³/mol. The summed E-state index contributed by atoms with van der Waals surface area (Å²) >= 11 is 0. The Morgan fingerprint density at radius 2 is 2.25 bits per heavy atom. The summed E-state index contributed by atoms with van der Waals surface area (Å²) in [6, 6.07) is 0.